The van der Waals surface area contributed by atoms with Gasteiger partial charge in [-0.05, 0) is 62.9 Å². The van der Waals surface area contributed by atoms with E-state index in [1.165, 1.54) is 0 Å². The zero-order valence-corrected chi connectivity index (χ0v) is 31.4. The number of hydrogen-bond donors (Lipinski definition) is 1. The summed E-state index contributed by atoms with van der Waals surface area (Å²) in [6, 6.07) is 18.3. The van der Waals surface area contributed by atoms with E-state index in [0.717, 1.165) is 104 Å². The molecular weight excluding hydrogens is 685 g/mol. The van der Waals surface area contributed by atoms with Crippen LogP contribution < -0.4 is 14.8 Å². The predicted molar refractivity (Wildman–Crippen MR) is 203 cm³/mol. The number of amides is 1. The van der Waals surface area contributed by atoms with Gasteiger partial charge >= 0.3 is 0 Å². The number of benzene rings is 2. The molecule has 0 saturated carbocycles. The van der Waals surface area contributed by atoms with E-state index in [1.807, 2.05) is 47.4 Å². The van der Waals surface area contributed by atoms with Crippen LogP contribution in [0, 0.1) is 5.92 Å². The number of likely N-dealkylation sites (tertiary alicyclic amines) is 2. The summed E-state index contributed by atoms with van der Waals surface area (Å²) in [5, 5.41) is 4.66. The third kappa shape index (κ3) is 8.67. The van der Waals surface area contributed by atoms with Crippen LogP contribution in [0.15, 0.2) is 60.8 Å². The summed E-state index contributed by atoms with van der Waals surface area (Å²) >= 11 is 14.3. The number of nitrogens with one attached hydrogen (secondary N) is 1. The number of pyridine rings is 2. The van der Waals surface area contributed by atoms with E-state index in [1.54, 1.807) is 34.4 Å². The van der Waals surface area contributed by atoms with Crippen LogP contribution in [0.1, 0.15) is 43.7 Å². The van der Waals surface area contributed by atoms with Gasteiger partial charge in [-0.15, -0.1) is 0 Å². The molecule has 11 heteroatoms. The van der Waals surface area contributed by atoms with Crippen LogP contribution in [0.3, 0.4) is 0 Å². The first-order valence-corrected chi connectivity index (χ1v) is 18.4. The molecule has 0 radical (unpaired) electrons. The Hall–Kier alpha value is -3.73. The number of nitrogens with zero attached hydrogens (tertiary/aromatic N) is 4. The lowest BCUT2D eigenvalue weighted by molar-refractivity contribution is -0.129. The van der Waals surface area contributed by atoms with Gasteiger partial charge < -0.3 is 24.4 Å². The van der Waals surface area contributed by atoms with E-state index in [2.05, 4.69) is 27.3 Å². The highest BCUT2D eigenvalue weighted by Gasteiger charge is 2.23. The van der Waals surface area contributed by atoms with Crippen LogP contribution in [0.25, 0.3) is 33.6 Å². The van der Waals surface area contributed by atoms with Crippen molar-refractivity contribution >= 4 is 29.1 Å². The van der Waals surface area contributed by atoms with Gasteiger partial charge in [0.2, 0.25) is 11.8 Å². The van der Waals surface area contributed by atoms with Crippen molar-refractivity contribution in [2.75, 3.05) is 54.1 Å². The summed E-state index contributed by atoms with van der Waals surface area (Å²) in [5.74, 6) is 2.12. The van der Waals surface area contributed by atoms with Crippen LogP contribution in [-0.4, -0.2) is 85.8 Å². The Morgan fingerprint density at radius 2 is 1.59 bits per heavy atom. The summed E-state index contributed by atoms with van der Waals surface area (Å²) in [6.07, 6.45) is 5.88. The fraction of sp³-hybridized carbons (Fsp3) is 0.425. The number of rotatable bonds is 12. The normalized spacial score (nSPS) is 16.0. The highest BCUT2D eigenvalue weighted by Crippen LogP contribution is 2.42. The van der Waals surface area contributed by atoms with E-state index < -0.39 is 0 Å². The Kier molecular flexibility index (Phi) is 12.5. The fourth-order valence-corrected chi connectivity index (χ4v) is 7.83. The molecule has 0 bridgehead atoms. The number of piperidine rings is 2. The van der Waals surface area contributed by atoms with Crippen molar-refractivity contribution in [3.8, 4) is 45.3 Å². The second-order valence-corrected chi connectivity index (χ2v) is 14.2. The zero-order chi connectivity index (χ0) is 35.9. The molecule has 0 aliphatic carbocycles. The van der Waals surface area contributed by atoms with Gasteiger partial charge in [0, 0.05) is 92.4 Å². The van der Waals surface area contributed by atoms with Crippen molar-refractivity contribution in [1.82, 2.24) is 25.1 Å². The monoisotopic (exact) mass is 731 g/mol. The molecule has 2 fully saturated rings. The fourth-order valence-electron chi connectivity index (χ4n) is 7.18. The van der Waals surface area contributed by atoms with Crippen LogP contribution in [-0.2, 0) is 22.6 Å². The molecule has 0 spiro atoms. The Morgan fingerprint density at radius 1 is 0.863 bits per heavy atom. The smallest absolute Gasteiger partial charge is 0.219 e. The van der Waals surface area contributed by atoms with Crippen molar-refractivity contribution < 1.29 is 19.0 Å². The third-order valence-corrected chi connectivity index (χ3v) is 11.0. The maximum absolute atomic E-state index is 11.7. The van der Waals surface area contributed by atoms with Gasteiger partial charge in [0.15, 0.2) is 0 Å². The highest BCUT2D eigenvalue weighted by molar-refractivity contribution is 6.39. The maximum atomic E-state index is 11.7. The van der Waals surface area contributed by atoms with Crippen molar-refractivity contribution in [2.24, 2.45) is 5.92 Å². The van der Waals surface area contributed by atoms with E-state index >= 15 is 0 Å². The van der Waals surface area contributed by atoms with E-state index in [4.69, 9.17) is 42.4 Å². The standard InChI is InChI=1S/C40H47Cl2N5O4/c1-26(48)47-20-15-31(16-21-47)44-23-29-10-11-35(45-40(29)51-4)34-7-5-6-32(37(34)41)33-12-17-43-39(38(33)42)28-8-9-30(36(22-28)50-3)24-46-18-13-27(14-19-46)25-49-2/h5-12,17,22,27,31,44H,13-16,18-21,23-25H2,1-4H3. The van der Waals surface area contributed by atoms with Crippen LogP contribution >= 0.6 is 23.2 Å². The van der Waals surface area contributed by atoms with Crippen molar-refractivity contribution in [3.05, 3.63) is 82.0 Å². The quantitative estimate of drug-likeness (QED) is 0.158. The summed E-state index contributed by atoms with van der Waals surface area (Å²) in [5.41, 5.74) is 6.65. The van der Waals surface area contributed by atoms with Gasteiger partial charge in [0.05, 0.1) is 35.7 Å². The van der Waals surface area contributed by atoms with Crippen LogP contribution in [0.4, 0.5) is 0 Å². The predicted octanol–water partition coefficient (Wildman–Crippen LogP) is 7.76. The molecule has 1 amide bonds. The molecule has 0 atom stereocenters. The van der Waals surface area contributed by atoms with Gasteiger partial charge in [-0.2, -0.15) is 0 Å². The van der Waals surface area contributed by atoms with E-state index in [9.17, 15) is 4.79 Å². The molecule has 6 rings (SSSR count). The molecule has 1 N–H and O–H groups in total. The minimum atomic E-state index is 0.135. The first-order chi connectivity index (χ1) is 24.8. The van der Waals surface area contributed by atoms with E-state index in [0.29, 0.717) is 45.8 Å². The van der Waals surface area contributed by atoms with Gasteiger partial charge in [0.1, 0.15) is 5.75 Å². The number of ether oxygens (including phenoxy) is 3. The summed E-state index contributed by atoms with van der Waals surface area (Å²) < 4.78 is 17.0. The SMILES string of the molecule is COCC1CCN(Cc2ccc(-c3nccc(-c4cccc(-c5ccc(CNC6CCN(C(C)=O)CC6)c(OC)n5)c4Cl)c3Cl)cc2OC)CC1. The van der Waals surface area contributed by atoms with E-state index in [-0.39, 0.29) is 5.91 Å². The summed E-state index contributed by atoms with van der Waals surface area (Å²) in [4.78, 5) is 25.6. The largest absolute Gasteiger partial charge is 0.496 e. The minimum Gasteiger partial charge on any atom is -0.496 e. The van der Waals surface area contributed by atoms with Gasteiger partial charge in [-0.25, -0.2) is 4.98 Å². The number of methoxy groups -OCH3 is 3. The lowest BCUT2D eigenvalue weighted by atomic mass is 9.97. The molecule has 2 aliphatic heterocycles. The molecule has 9 nitrogen and oxygen atoms in total. The zero-order valence-electron chi connectivity index (χ0n) is 29.9. The third-order valence-electron chi connectivity index (χ3n) is 10.2. The number of carbonyl (C=O) groups is 1. The van der Waals surface area contributed by atoms with Crippen molar-refractivity contribution in [2.45, 2.75) is 51.7 Å². The molecular formula is C40H47Cl2N5O4. The Bertz CT molecular complexity index is 1820. The molecule has 4 aromatic rings. The molecule has 270 valence electrons. The van der Waals surface area contributed by atoms with Crippen LogP contribution in [0.2, 0.25) is 10.0 Å². The Labute approximate surface area is 311 Å². The van der Waals surface area contributed by atoms with Gasteiger partial charge in [-0.1, -0.05) is 59.6 Å². The lowest BCUT2D eigenvalue weighted by Gasteiger charge is -2.32. The molecule has 51 heavy (non-hydrogen) atoms. The topological polar surface area (TPSA) is 89.1 Å². The van der Waals surface area contributed by atoms with Gasteiger partial charge in [-0.3, -0.25) is 14.7 Å². The van der Waals surface area contributed by atoms with Gasteiger partial charge in [0.25, 0.3) is 0 Å². The second-order valence-electron chi connectivity index (χ2n) is 13.4. The first kappa shape index (κ1) is 37.0. The molecule has 2 aromatic carbocycles. The van der Waals surface area contributed by atoms with Crippen LogP contribution in [0.5, 0.6) is 11.6 Å². The number of aromatic nitrogens is 2. The second kappa shape index (κ2) is 17.2. The van der Waals surface area contributed by atoms with Crippen molar-refractivity contribution in [1.29, 1.82) is 0 Å². The number of hydrogen-bond acceptors (Lipinski definition) is 8. The average Bonchev–Trinajstić information content (AvgIpc) is 3.15. The Morgan fingerprint density at radius 3 is 2.29 bits per heavy atom. The molecule has 4 heterocycles. The minimum absolute atomic E-state index is 0.135. The summed E-state index contributed by atoms with van der Waals surface area (Å²) in [6.45, 7) is 7.53. The van der Waals surface area contributed by atoms with Crippen molar-refractivity contribution in [3.63, 3.8) is 0 Å². The average molecular weight is 733 g/mol. The molecule has 2 saturated heterocycles. The lowest BCUT2D eigenvalue weighted by Crippen LogP contribution is -2.44. The Balaban J connectivity index is 1.19. The number of carbonyl (C=O) groups excluding carboxylic acids is 1. The molecule has 0 unspecified atom stereocenters. The maximum Gasteiger partial charge on any atom is 0.219 e. The number of halogens is 2. The highest BCUT2D eigenvalue weighted by atomic mass is 35.5. The summed E-state index contributed by atoms with van der Waals surface area (Å²) in [7, 11) is 5.11. The first-order valence-electron chi connectivity index (χ1n) is 17.6. The molecule has 2 aliphatic rings. The molecule has 2 aromatic heterocycles.